The number of aliphatic hydroxyl groups is 1. The van der Waals surface area contributed by atoms with Crippen molar-refractivity contribution in [3.8, 4) is 0 Å². The van der Waals surface area contributed by atoms with Crippen molar-refractivity contribution in [2.24, 2.45) is 5.92 Å². The normalized spacial score (nSPS) is 36.2. The van der Waals surface area contributed by atoms with E-state index in [9.17, 15) is 13.5 Å². The van der Waals surface area contributed by atoms with E-state index in [0.29, 0.717) is 18.8 Å². The minimum absolute atomic E-state index is 0.191. The Bertz CT molecular complexity index is 350. The molecule has 16 heavy (non-hydrogen) atoms. The van der Waals surface area contributed by atoms with E-state index in [1.165, 1.54) is 0 Å². The average Bonchev–Trinajstić information content (AvgIpc) is 2.98. The molecule has 2 atom stereocenters. The minimum atomic E-state index is -3.15. The van der Waals surface area contributed by atoms with Crippen LogP contribution in [0, 0.1) is 5.92 Å². The molecule has 2 aliphatic carbocycles. The second-order valence-corrected chi connectivity index (χ2v) is 7.54. The largest absolute Gasteiger partial charge is 0.389 e. The molecule has 5 heteroatoms. The van der Waals surface area contributed by atoms with Gasteiger partial charge in [-0.2, -0.15) is 0 Å². The van der Waals surface area contributed by atoms with Crippen molar-refractivity contribution in [2.45, 2.75) is 56.3 Å². The summed E-state index contributed by atoms with van der Waals surface area (Å²) in [6.45, 7) is 2.30. The zero-order valence-electron chi connectivity index (χ0n) is 9.78. The highest BCUT2D eigenvalue weighted by molar-refractivity contribution is 7.90. The van der Waals surface area contributed by atoms with Crippen LogP contribution in [-0.2, 0) is 10.0 Å². The summed E-state index contributed by atoms with van der Waals surface area (Å²) in [5.74, 6) is 0.490. The Kier molecular flexibility index (Phi) is 3.29. The third kappa shape index (κ3) is 2.96. The maximum absolute atomic E-state index is 11.6. The molecule has 2 aliphatic rings. The lowest BCUT2D eigenvalue weighted by Crippen LogP contribution is -2.46. The van der Waals surface area contributed by atoms with E-state index in [-0.39, 0.29) is 11.8 Å². The molecule has 0 aromatic carbocycles. The van der Waals surface area contributed by atoms with Gasteiger partial charge in [0.15, 0.2) is 0 Å². The first-order valence-electron chi connectivity index (χ1n) is 6.12. The van der Waals surface area contributed by atoms with Crippen molar-refractivity contribution in [1.82, 2.24) is 4.72 Å². The molecular weight excluding hydrogens is 226 g/mol. The fourth-order valence-electron chi connectivity index (χ4n) is 2.52. The van der Waals surface area contributed by atoms with Crippen LogP contribution in [0.15, 0.2) is 0 Å². The maximum Gasteiger partial charge on any atom is 0.214 e. The number of sulfonamides is 1. The lowest BCUT2D eigenvalue weighted by molar-refractivity contribution is -0.00752. The third-order valence-corrected chi connectivity index (χ3v) is 5.53. The van der Waals surface area contributed by atoms with Crippen LogP contribution in [0.3, 0.4) is 0 Å². The molecule has 2 fully saturated rings. The Balaban J connectivity index is 1.88. The molecule has 0 heterocycles. The van der Waals surface area contributed by atoms with E-state index < -0.39 is 15.6 Å². The monoisotopic (exact) mass is 247 g/mol. The van der Waals surface area contributed by atoms with E-state index in [0.717, 1.165) is 25.7 Å². The minimum Gasteiger partial charge on any atom is -0.389 e. The van der Waals surface area contributed by atoms with Gasteiger partial charge in [-0.15, -0.1) is 0 Å². The van der Waals surface area contributed by atoms with E-state index in [4.69, 9.17) is 0 Å². The van der Waals surface area contributed by atoms with Gasteiger partial charge in [0.1, 0.15) is 0 Å². The van der Waals surface area contributed by atoms with Crippen LogP contribution in [-0.4, -0.2) is 30.9 Å². The maximum atomic E-state index is 11.6. The van der Waals surface area contributed by atoms with Crippen molar-refractivity contribution in [3.63, 3.8) is 0 Å². The van der Waals surface area contributed by atoms with E-state index >= 15 is 0 Å². The molecule has 2 rings (SSSR count). The number of hydrogen-bond acceptors (Lipinski definition) is 3. The third-order valence-electron chi connectivity index (χ3n) is 3.63. The molecule has 0 aromatic rings. The van der Waals surface area contributed by atoms with Crippen molar-refractivity contribution in [3.05, 3.63) is 0 Å². The molecule has 4 nitrogen and oxygen atoms in total. The molecule has 0 aliphatic heterocycles. The summed E-state index contributed by atoms with van der Waals surface area (Å²) < 4.78 is 25.8. The predicted molar refractivity (Wildman–Crippen MR) is 62.5 cm³/mol. The topological polar surface area (TPSA) is 66.4 Å². The highest BCUT2D eigenvalue weighted by Gasteiger charge is 2.39. The van der Waals surface area contributed by atoms with Gasteiger partial charge < -0.3 is 5.11 Å². The number of nitrogens with one attached hydrogen (secondary N) is 1. The van der Waals surface area contributed by atoms with Gasteiger partial charge in [0.2, 0.25) is 10.0 Å². The SMILES string of the molecule is CC1CCCC(O)(CNS(=O)(=O)C2CC2)C1. The average molecular weight is 247 g/mol. The molecule has 0 saturated heterocycles. The van der Waals surface area contributed by atoms with Crippen LogP contribution in [0.1, 0.15) is 45.4 Å². The first-order valence-corrected chi connectivity index (χ1v) is 7.67. The van der Waals surface area contributed by atoms with Crippen LogP contribution >= 0.6 is 0 Å². The molecular formula is C11H21NO3S. The lowest BCUT2D eigenvalue weighted by Gasteiger charge is -2.35. The Hall–Kier alpha value is -0.130. The zero-order chi connectivity index (χ0) is 11.8. The van der Waals surface area contributed by atoms with Crippen molar-refractivity contribution >= 4 is 10.0 Å². The van der Waals surface area contributed by atoms with Gasteiger partial charge >= 0.3 is 0 Å². The smallest absolute Gasteiger partial charge is 0.214 e. The molecule has 0 aromatic heterocycles. The van der Waals surface area contributed by atoms with Crippen LogP contribution in [0.5, 0.6) is 0 Å². The number of rotatable bonds is 4. The highest BCUT2D eigenvalue weighted by atomic mass is 32.2. The Morgan fingerprint density at radius 3 is 2.62 bits per heavy atom. The van der Waals surface area contributed by atoms with Crippen LogP contribution in [0.25, 0.3) is 0 Å². The molecule has 2 N–H and O–H groups in total. The summed E-state index contributed by atoms with van der Waals surface area (Å²) in [7, 11) is -3.15. The lowest BCUT2D eigenvalue weighted by atomic mass is 9.79. The summed E-state index contributed by atoms with van der Waals surface area (Å²) in [6, 6.07) is 0. The predicted octanol–water partition coefficient (Wildman–Crippen LogP) is 1.01. The summed E-state index contributed by atoms with van der Waals surface area (Å²) in [6.07, 6.45) is 5.08. The first kappa shape index (κ1) is 12.3. The molecule has 2 saturated carbocycles. The van der Waals surface area contributed by atoms with Gasteiger partial charge in [-0.05, 0) is 31.6 Å². The summed E-state index contributed by atoms with van der Waals surface area (Å²) in [5, 5.41) is 10.1. The molecule has 0 bridgehead atoms. The van der Waals surface area contributed by atoms with Gasteiger partial charge in [0.25, 0.3) is 0 Å². The fraction of sp³-hybridized carbons (Fsp3) is 1.00. The van der Waals surface area contributed by atoms with E-state index in [1.54, 1.807) is 0 Å². The van der Waals surface area contributed by atoms with Crippen molar-refractivity contribution in [2.75, 3.05) is 6.54 Å². The highest BCUT2D eigenvalue weighted by Crippen LogP contribution is 2.33. The Morgan fingerprint density at radius 1 is 1.38 bits per heavy atom. The van der Waals surface area contributed by atoms with Crippen LogP contribution in [0.2, 0.25) is 0 Å². The summed E-state index contributed by atoms with van der Waals surface area (Å²) in [5.41, 5.74) is -0.820. The van der Waals surface area contributed by atoms with E-state index in [1.807, 2.05) is 0 Å². The first-order chi connectivity index (χ1) is 7.41. The molecule has 94 valence electrons. The molecule has 2 unspecified atom stereocenters. The Morgan fingerprint density at radius 2 is 2.06 bits per heavy atom. The van der Waals surface area contributed by atoms with Gasteiger partial charge in [0.05, 0.1) is 10.9 Å². The zero-order valence-corrected chi connectivity index (χ0v) is 10.6. The number of hydrogen-bond donors (Lipinski definition) is 2. The van der Waals surface area contributed by atoms with Crippen LogP contribution < -0.4 is 4.72 Å². The van der Waals surface area contributed by atoms with Crippen molar-refractivity contribution in [1.29, 1.82) is 0 Å². The van der Waals surface area contributed by atoms with Crippen molar-refractivity contribution < 1.29 is 13.5 Å². The second kappa shape index (κ2) is 4.27. The van der Waals surface area contributed by atoms with E-state index in [2.05, 4.69) is 11.6 Å². The summed E-state index contributed by atoms with van der Waals surface area (Å²) in [4.78, 5) is 0. The molecule has 0 amide bonds. The quantitative estimate of drug-likeness (QED) is 0.779. The van der Waals surface area contributed by atoms with Gasteiger partial charge in [-0.1, -0.05) is 19.8 Å². The molecule has 0 radical (unpaired) electrons. The van der Waals surface area contributed by atoms with Crippen LogP contribution in [0.4, 0.5) is 0 Å². The summed E-state index contributed by atoms with van der Waals surface area (Å²) >= 11 is 0. The second-order valence-electron chi connectivity index (χ2n) is 5.49. The standard InChI is InChI=1S/C11H21NO3S/c1-9-3-2-6-11(13,7-9)8-12-16(14,15)10-4-5-10/h9-10,12-13H,2-8H2,1H3. The van der Waals surface area contributed by atoms with Gasteiger partial charge in [0, 0.05) is 6.54 Å². The molecule has 0 spiro atoms. The van der Waals surface area contributed by atoms with Gasteiger partial charge in [-0.3, -0.25) is 0 Å². The van der Waals surface area contributed by atoms with Gasteiger partial charge in [-0.25, -0.2) is 13.1 Å². The fourth-order valence-corrected chi connectivity index (χ4v) is 3.99. The Labute approximate surface area is 97.5 Å².